The summed E-state index contributed by atoms with van der Waals surface area (Å²) in [5, 5.41) is 0.757. The number of fused-ring (bicyclic) bond motifs is 1. The first kappa shape index (κ1) is 17.6. The zero-order valence-electron chi connectivity index (χ0n) is 15.0. The third-order valence-corrected chi connectivity index (χ3v) is 4.93. The van der Waals surface area contributed by atoms with Crippen LogP contribution in [0.2, 0.25) is 0 Å². The van der Waals surface area contributed by atoms with E-state index in [2.05, 4.69) is 24.9 Å². The summed E-state index contributed by atoms with van der Waals surface area (Å²) in [7, 11) is 1.66. The Labute approximate surface area is 151 Å². The maximum absolute atomic E-state index is 12.9. The molecule has 3 rings (SSSR count). The van der Waals surface area contributed by atoms with Gasteiger partial charge in [-0.1, -0.05) is 37.7 Å². The Bertz CT molecular complexity index is 943. The lowest BCUT2D eigenvalue weighted by Gasteiger charge is -2.14. The Morgan fingerprint density at radius 2 is 2.12 bits per heavy atom. The van der Waals surface area contributed by atoms with E-state index in [4.69, 9.17) is 9.72 Å². The van der Waals surface area contributed by atoms with Crippen molar-refractivity contribution in [2.45, 2.75) is 38.2 Å². The molecular formula is C19H23N3O2S. The van der Waals surface area contributed by atoms with Crippen molar-refractivity contribution in [2.24, 2.45) is 5.92 Å². The van der Waals surface area contributed by atoms with Crippen LogP contribution in [0.1, 0.15) is 25.1 Å². The van der Waals surface area contributed by atoms with Gasteiger partial charge in [-0.3, -0.25) is 9.36 Å². The van der Waals surface area contributed by atoms with E-state index in [0.717, 1.165) is 33.4 Å². The van der Waals surface area contributed by atoms with Gasteiger partial charge in [0.15, 0.2) is 5.16 Å². The number of aryl methyl sites for hydroxylation is 1. The van der Waals surface area contributed by atoms with Crippen LogP contribution in [0.3, 0.4) is 0 Å². The minimum Gasteiger partial charge on any atom is -0.497 e. The van der Waals surface area contributed by atoms with Crippen LogP contribution in [0.5, 0.6) is 5.75 Å². The molecule has 25 heavy (non-hydrogen) atoms. The second-order valence-electron chi connectivity index (χ2n) is 6.56. The van der Waals surface area contributed by atoms with Crippen molar-refractivity contribution in [1.82, 2.24) is 14.5 Å². The number of aromatic nitrogens is 3. The van der Waals surface area contributed by atoms with Gasteiger partial charge in [0, 0.05) is 18.0 Å². The first-order chi connectivity index (χ1) is 12.0. The molecule has 3 aromatic rings. The molecule has 1 aromatic carbocycles. The lowest BCUT2D eigenvalue weighted by atomic mass is 10.2. The number of rotatable bonds is 6. The fourth-order valence-electron chi connectivity index (χ4n) is 2.76. The molecule has 0 aliphatic carbocycles. The third-order valence-electron chi connectivity index (χ3n) is 3.89. The molecule has 0 atom stereocenters. The maximum atomic E-state index is 12.9. The van der Waals surface area contributed by atoms with Crippen LogP contribution >= 0.6 is 11.8 Å². The summed E-state index contributed by atoms with van der Waals surface area (Å²) in [5.41, 5.74) is 3.41. The molecule has 0 amide bonds. The molecule has 5 nitrogen and oxygen atoms in total. The van der Waals surface area contributed by atoms with E-state index < -0.39 is 0 Å². The number of hydrogen-bond acceptors (Lipinski definition) is 4. The smallest absolute Gasteiger partial charge is 0.278 e. The average Bonchev–Trinajstić information content (AvgIpc) is 2.96. The molecule has 0 radical (unpaired) electrons. The molecule has 1 N–H and O–H groups in total. The van der Waals surface area contributed by atoms with Gasteiger partial charge < -0.3 is 9.72 Å². The van der Waals surface area contributed by atoms with Crippen molar-refractivity contribution in [3.05, 3.63) is 51.9 Å². The third kappa shape index (κ3) is 3.90. The second kappa shape index (κ2) is 7.35. The van der Waals surface area contributed by atoms with E-state index in [1.54, 1.807) is 23.4 Å². The largest absolute Gasteiger partial charge is 0.497 e. The van der Waals surface area contributed by atoms with Crippen molar-refractivity contribution in [2.75, 3.05) is 7.11 Å². The summed E-state index contributed by atoms with van der Waals surface area (Å²) in [6.45, 7) is 6.80. The highest BCUT2D eigenvalue weighted by Gasteiger charge is 2.14. The average molecular weight is 357 g/mol. The molecule has 2 aromatic heterocycles. The number of benzene rings is 1. The summed E-state index contributed by atoms with van der Waals surface area (Å²) in [6, 6.07) is 9.89. The van der Waals surface area contributed by atoms with Crippen LogP contribution < -0.4 is 10.3 Å². The van der Waals surface area contributed by atoms with Crippen LogP contribution in [0.15, 0.2) is 40.3 Å². The van der Waals surface area contributed by atoms with Gasteiger partial charge in [0.1, 0.15) is 11.3 Å². The Kier molecular flexibility index (Phi) is 5.18. The number of thioether (sulfide) groups is 1. The van der Waals surface area contributed by atoms with Gasteiger partial charge in [-0.25, -0.2) is 4.98 Å². The molecule has 0 aliphatic rings. The van der Waals surface area contributed by atoms with Crippen LogP contribution in [0.4, 0.5) is 0 Å². The molecule has 0 bridgehead atoms. The molecule has 0 saturated heterocycles. The lowest BCUT2D eigenvalue weighted by Crippen LogP contribution is -2.25. The van der Waals surface area contributed by atoms with Crippen LogP contribution in [-0.4, -0.2) is 21.6 Å². The first-order valence-electron chi connectivity index (χ1n) is 8.34. The summed E-state index contributed by atoms with van der Waals surface area (Å²) >= 11 is 1.58. The number of ether oxygens (including phenoxy) is 1. The molecule has 2 heterocycles. The SMILES string of the molecule is COc1cccc(CSc2nc3cc(C)[nH]c3c(=O)n2CC(C)C)c1. The normalized spacial score (nSPS) is 11.4. The van der Waals surface area contributed by atoms with Crippen molar-refractivity contribution in [1.29, 1.82) is 0 Å². The predicted molar refractivity (Wildman–Crippen MR) is 102 cm³/mol. The Hall–Kier alpha value is -2.21. The topological polar surface area (TPSA) is 59.9 Å². The fourth-order valence-corrected chi connectivity index (χ4v) is 3.71. The van der Waals surface area contributed by atoms with Crippen molar-refractivity contribution < 1.29 is 4.74 Å². The molecule has 0 aliphatic heterocycles. The summed E-state index contributed by atoms with van der Waals surface area (Å²) < 4.78 is 7.06. The highest BCUT2D eigenvalue weighted by Crippen LogP contribution is 2.24. The summed E-state index contributed by atoms with van der Waals surface area (Å²) in [5.74, 6) is 1.93. The minimum absolute atomic E-state index is 0.0000535. The molecule has 0 saturated carbocycles. The Balaban J connectivity index is 1.96. The number of aromatic amines is 1. The number of H-pyrrole nitrogens is 1. The van der Waals surface area contributed by atoms with Crippen LogP contribution in [-0.2, 0) is 12.3 Å². The molecule has 0 fully saturated rings. The van der Waals surface area contributed by atoms with Crippen molar-refractivity contribution in [3.8, 4) is 5.75 Å². The summed E-state index contributed by atoms with van der Waals surface area (Å²) in [6.07, 6.45) is 0. The minimum atomic E-state index is -0.0000535. The van der Waals surface area contributed by atoms with E-state index in [0.29, 0.717) is 18.0 Å². The van der Waals surface area contributed by atoms with Gasteiger partial charge in [-0.2, -0.15) is 0 Å². The first-order valence-corrected chi connectivity index (χ1v) is 9.32. The number of hydrogen-bond donors (Lipinski definition) is 1. The number of nitrogens with one attached hydrogen (secondary N) is 1. The van der Waals surface area contributed by atoms with E-state index in [1.165, 1.54) is 0 Å². The quantitative estimate of drug-likeness (QED) is 0.535. The van der Waals surface area contributed by atoms with Gasteiger partial charge in [0.25, 0.3) is 5.56 Å². The lowest BCUT2D eigenvalue weighted by molar-refractivity contribution is 0.414. The van der Waals surface area contributed by atoms with Crippen LogP contribution in [0.25, 0.3) is 11.0 Å². The molecular weight excluding hydrogens is 334 g/mol. The van der Waals surface area contributed by atoms with Gasteiger partial charge in [0.05, 0.1) is 12.6 Å². The van der Waals surface area contributed by atoms with Gasteiger partial charge in [-0.15, -0.1) is 0 Å². The second-order valence-corrected chi connectivity index (χ2v) is 7.50. The zero-order valence-corrected chi connectivity index (χ0v) is 15.8. The van der Waals surface area contributed by atoms with Crippen molar-refractivity contribution in [3.63, 3.8) is 0 Å². The standard InChI is InChI=1S/C19H23N3O2S/c1-12(2)10-22-18(23)17-16(8-13(3)20-17)21-19(22)25-11-14-6-5-7-15(9-14)24-4/h5-9,12,20H,10-11H2,1-4H3. The van der Waals surface area contributed by atoms with E-state index in [1.807, 2.05) is 31.2 Å². The van der Waals surface area contributed by atoms with Gasteiger partial charge in [0.2, 0.25) is 0 Å². The monoisotopic (exact) mass is 357 g/mol. The molecule has 0 unspecified atom stereocenters. The van der Waals surface area contributed by atoms with E-state index >= 15 is 0 Å². The number of nitrogens with zero attached hydrogens (tertiary/aromatic N) is 2. The highest BCUT2D eigenvalue weighted by atomic mass is 32.2. The summed E-state index contributed by atoms with van der Waals surface area (Å²) in [4.78, 5) is 20.7. The van der Waals surface area contributed by atoms with Gasteiger partial charge >= 0.3 is 0 Å². The van der Waals surface area contributed by atoms with Crippen LogP contribution in [0, 0.1) is 12.8 Å². The van der Waals surface area contributed by atoms with E-state index in [9.17, 15) is 4.79 Å². The molecule has 0 spiro atoms. The van der Waals surface area contributed by atoms with Crippen molar-refractivity contribution >= 4 is 22.8 Å². The Morgan fingerprint density at radius 1 is 1.32 bits per heavy atom. The van der Waals surface area contributed by atoms with E-state index in [-0.39, 0.29) is 5.56 Å². The maximum Gasteiger partial charge on any atom is 0.278 e. The number of methoxy groups -OCH3 is 1. The van der Waals surface area contributed by atoms with Gasteiger partial charge in [-0.05, 0) is 36.6 Å². The molecule has 6 heteroatoms. The molecule has 132 valence electrons. The Morgan fingerprint density at radius 3 is 2.84 bits per heavy atom. The fraction of sp³-hybridized carbons (Fsp3) is 0.368. The predicted octanol–water partition coefficient (Wildman–Crippen LogP) is 3.99. The zero-order chi connectivity index (χ0) is 18.0. The highest BCUT2D eigenvalue weighted by molar-refractivity contribution is 7.98.